The SMILES string of the molecule is Brc1ccc(NCCC2=CCOCC2)nc1. The molecule has 3 nitrogen and oxygen atoms in total. The highest BCUT2D eigenvalue weighted by Crippen LogP contribution is 2.13. The summed E-state index contributed by atoms with van der Waals surface area (Å²) in [6.07, 6.45) is 6.12. The van der Waals surface area contributed by atoms with Gasteiger partial charge < -0.3 is 10.1 Å². The maximum absolute atomic E-state index is 5.26. The van der Waals surface area contributed by atoms with E-state index in [4.69, 9.17) is 4.74 Å². The number of aromatic nitrogens is 1. The maximum atomic E-state index is 5.26. The van der Waals surface area contributed by atoms with Crippen molar-refractivity contribution in [3.8, 4) is 0 Å². The fraction of sp³-hybridized carbons (Fsp3) is 0.417. The highest BCUT2D eigenvalue weighted by Gasteiger charge is 2.03. The van der Waals surface area contributed by atoms with Crippen LogP contribution in [0.25, 0.3) is 0 Å². The van der Waals surface area contributed by atoms with Crippen LogP contribution in [0, 0.1) is 0 Å². The molecule has 0 aromatic carbocycles. The number of anilines is 1. The second-order valence-corrected chi connectivity index (χ2v) is 4.64. The van der Waals surface area contributed by atoms with Crippen molar-refractivity contribution < 1.29 is 4.74 Å². The zero-order chi connectivity index (χ0) is 11.2. The lowest BCUT2D eigenvalue weighted by molar-refractivity contribution is 0.153. The normalized spacial score (nSPS) is 15.7. The van der Waals surface area contributed by atoms with Crippen LogP contribution >= 0.6 is 15.9 Å². The molecule has 1 aromatic heterocycles. The molecule has 1 N–H and O–H groups in total. The fourth-order valence-electron chi connectivity index (χ4n) is 1.62. The molecule has 16 heavy (non-hydrogen) atoms. The van der Waals surface area contributed by atoms with Crippen LogP contribution in [-0.2, 0) is 4.74 Å². The van der Waals surface area contributed by atoms with Crippen LogP contribution in [0.15, 0.2) is 34.5 Å². The molecule has 0 fully saturated rings. The van der Waals surface area contributed by atoms with Gasteiger partial charge in [0, 0.05) is 17.2 Å². The minimum Gasteiger partial charge on any atom is -0.377 e. The largest absolute Gasteiger partial charge is 0.377 e. The minimum atomic E-state index is 0.770. The molecule has 0 saturated carbocycles. The first-order valence-corrected chi connectivity index (χ1v) is 6.25. The first kappa shape index (κ1) is 11.6. The van der Waals surface area contributed by atoms with Gasteiger partial charge in [-0.1, -0.05) is 11.6 Å². The van der Waals surface area contributed by atoms with Gasteiger partial charge in [0.2, 0.25) is 0 Å². The van der Waals surface area contributed by atoms with E-state index in [1.165, 1.54) is 5.57 Å². The molecular weight excluding hydrogens is 268 g/mol. The van der Waals surface area contributed by atoms with Crippen molar-refractivity contribution in [2.75, 3.05) is 25.1 Å². The van der Waals surface area contributed by atoms with Gasteiger partial charge in [-0.3, -0.25) is 0 Å². The Kier molecular flexibility index (Phi) is 4.36. The summed E-state index contributed by atoms with van der Waals surface area (Å²) in [6.45, 7) is 2.56. The van der Waals surface area contributed by atoms with Crippen molar-refractivity contribution in [3.63, 3.8) is 0 Å². The minimum absolute atomic E-state index is 0.770. The molecule has 1 aromatic rings. The van der Waals surface area contributed by atoms with Crippen LogP contribution in [0.3, 0.4) is 0 Å². The van der Waals surface area contributed by atoms with E-state index in [0.717, 1.165) is 42.9 Å². The lowest BCUT2D eigenvalue weighted by atomic mass is 10.1. The van der Waals surface area contributed by atoms with E-state index >= 15 is 0 Å². The summed E-state index contributed by atoms with van der Waals surface area (Å²) in [6, 6.07) is 3.96. The molecule has 86 valence electrons. The Labute approximate surface area is 104 Å². The predicted molar refractivity (Wildman–Crippen MR) is 68.6 cm³/mol. The number of nitrogens with one attached hydrogen (secondary N) is 1. The second kappa shape index (κ2) is 6.01. The van der Waals surface area contributed by atoms with Crippen LogP contribution in [0.1, 0.15) is 12.8 Å². The molecule has 0 radical (unpaired) electrons. The Bertz CT molecular complexity index is 362. The van der Waals surface area contributed by atoms with E-state index < -0.39 is 0 Å². The van der Waals surface area contributed by atoms with E-state index in [9.17, 15) is 0 Å². The predicted octanol–water partition coefficient (Wildman–Crippen LogP) is 2.99. The highest BCUT2D eigenvalue weighted by atomic mass is 79.9. The zero-order valence-corrected chi connectivity index (χ0v) is 10.7. The molecule has 0 atom stereocenters. The molecule has 0 saturated heterocycles. The highest BCUT2D eigenvalue weighted by molar-refractivity contribution is 9.10. The molecule has 2 heterocycles. The average Bonchev–Trinajstić information content (AvgIpc) is 2.33. The van der Waals surface area contributed by atoms with Gasteiger partial charge >= 0.3 is 0 Å². The molecule has 0 aliphatic carbocycles. The summed E-state index contributed by atoms with van der Waals surface area (Å²) in [5.74, 6) is 0.927. The van der Waals surface area contributed by atoms with E-state index in [-0.39, 0.29) is 0 Å². The molecule has 1 aliphatic rings. The molecular formula is C12H15BrN2O. The van der Waals surface area contributed by atoms with E-state index in [1.807, 2.05) is 12.1 Å². The number of hydrogen-bond acceptors (Lipinski definition) is 3. The monoisotopic (exact) mass is 282 g/mol. The maximum Gasteiger partial charge on any atom is 0.125 e. The van der Waals surface area contributed by atoms with Crippen molar-refractivity contribution in [2.24, 2.45) is 0 Å². The van der Waals surface area contributed by atoms with Crippen LogP contribution in [0.2, 0.25) is 0 Å². The summed E-state index contributed by atoms with van der Waals surface area (Å²) < 4.78 is 6.27. The van der Waals surface area contributed by atoms with Crippen LogP contribution in [0.4, 0.5) is 5.82 Å². The number of hydrogen-bond donors (Lipinski definition) is 1. The number of ether oxygens (including phenoxy) is 1. The van der Waals surface area contributed by atoms with Gasteiger partial charge in [-0.25, -0.2) is 4.98 Å². The summed E-state index contributed by atoms with van der Waals surface area (Å²) in [4.78, 5) is 4.26. The van der Waals surface area contributed by atoms with E-state index in [0.29, 0.717) is 0 Å². The van der Waals surface area contributed by atoms with Gasteiger partial charge in [0.25, 0.3) is 0 Å². The molecule has 0 bridgehead atoms. The fourth-order valence-corrected chi connectivity index (χ4v) is 1.86. The molecule has 0 spiro atoms. The molecule has 0 amide bonds. The third-order valence-corrected chi connectivity index (χ3v) is 3.01. The standard InChI is InChI=1S/C12H15BrN2O/c13-11-1-2-12(15-9-11)14-6-3-10-4-7-16-8-5-10/h1-2,4,9H,3,5-8H2,(H,14,15). The molecule has 0 unspecified atom stereocenters. The van der Waals surface area contributed by atoms with Crippen LogP contribution in [0.5, 0.6) is 0 Å². The van der Waals surface area contributed by atoms with Crippen molar-refractivity contribution in [3.05, 3.63) is 34.5 Å². The van der Waals surface area contributed by atoms with Crippen molar-refractivity contribution in [1.82, 2.24) is 4.98 Å². The van der Waals surface area contributed by atoms with Gasteiger partial charge in [0.15, 0.2) is 0 Å². The summed E-state index contributed by atoms with van der Waals surface area (Å²) in [5, 5.41) is 3.31. The Morgan fingerprint density at radius 3 is 3.06 bits per heavy atom. The smallest absolute Gasteiger partial charge is 0.125 e. The Morgan fingerprint density at radius 2 is 2.38 bits per heavy atom. The lowest BCUT2D eigenvalue weighted by Gasteiger charge is -2.13. The topological polar surface area (TPSA) is 34.1 Å². The van der Waals surface area contributed by atoms with E-state index in [2.05, 4.69) is 32.3 Å². The van der Waals surface area contributed by atoms with Crippen LogP contribution in [-0.4, -0.2) is 24.7 Å². The zero-order valence-electron chi connectivity index (χ0n) is 9.08. The number of pyridine rings is 1. The number of rotatable bonds is 4. The van der Waals surface area contributed by atoms with Gasteiger partial charge in [-0.2, -0.15) is 0 Å². The second-order valence-electron chi connectivity index (χ2n) is 3.73. The first-order chi connectivity index (χ1) is 7.84. The summed E-state index contributed by atoms with van der Waals surface area (Å²) in [7, 11) is 0. The van der Waals surface area contributed by atoms with E-state index in [1.54, 1.807) is 6.20 Å². The first-order valence-electron chi connectivity index (χ1n) is 5.46. The Hall–Kier alpha value is -0.870. The third-order valence-electron chi connectivity index (χ3n) is 2.54. The van der Waals surface area contributed by atoms with Gasteiger partial charge in [0.1, 0.15) is 5.82 Å². The molecule has 1 aliphatic heterocycles. The summed E-state index contributed by atoms with van der Waals surface area (Å²) in [5.41, 5.74) is 1.48. The Morgan fingerprint density at radius 1 is 1.44 bits per heavy atom. The van der Waals surface area contributed by atoms with Crippen molar-refractivity contribution in [1.29, 1.82) is 0 Å². The summed E-state index contributed by atoms with van der Waals surface area (Å²) >= 11 is 3.36. The average molecular weight is 283 g/mol. The Balaban J connectivity index is 1.75. The van der Waals surface area contributed by atoms with Gasteiger partial charge in [-0.15, -0.1) is 0 Å². The number of nitrogens with zero attached hydrogens (tertiary/aromatic N) is 1. The molecule has 4 heteroatoms. The van der Waals surface area contributed by atoms with Crippen LogP contribution < -0.4 is 5.32 Å². The van der Waals surface area contributed by atoms with Crippen molar-refractivity contribution in [2.45, 2.75) is 12.8 Å². The molecule has 2 rings (SSSR count). The third kappa shape index (κ3) is 3.61. The van der Waals surface area contributed by atoms with Gasteiger partial charge in [-0.05, 0) is 40.9 Å². The number of halogens is 1. The quantitative estimate of drug-likeness (QED) is 0.863. The van der Waals surface area contributed by atoms with Gasteiger partial charge in [0.05, 0.1) is 13.2 Å². The van der Waals surface area contributed by atoms with Crippen molar-refractivity contribution >= 4 is 21.7 Å². The lowest BCUT2D eigenvalue weighted by Crippen LogP contribution is -2.09.